The summed E-state index contributed by atoms with van der Waals surface area (Å²) in [7, 11) is 0. The maximum absolute atomic E-state index is 12.7. The highest BCUT2D eigenvalue weighted by Crippen LogP contribution is 2.31. The van der Waals surface area contributed by atoms with E-state index >= 15 is 0 Å². The number of thioether (sulfide) groups is 1. The van der Waals surface area contributed by atoms with E-state index in [1.165, 1.54) is 11.8 Å². The first-order valence-electron chi connectivity index (χ1n) is 9.31. The molecule has 0 atom stereocenters. The summed E-state index contributed by atoms with van der Waals surface area (Å²) in [5, 5.41) is 4.83. The molecule has 1 N–H and O–H groups in total. The number of anilines is 1. The van der Waals surface area contributed by atoms with Crippen molar-refractivity contribution in [3.05, 3.63) is 48.0 Å². The molecule has 1 aliphatic heterocycles. The van der Waals surface area contributed by atoms with Crippen molar-refractivity contribution >= 4 is 34.3 Å². The maximum atomic E-state index is 12.7. The van der Waals surface area contributed by atoms with E-state index in [0.717, 1.165) is 29.7 Å². The number of para-hydroxylation sites is 1. The molecule has 2 aromatic carbocycles. The zero-order valence-electron chi connectivity index (χ0n) is 15.6. The molecule has 0 aliphatic carbocycles. The summed E-state index contributed by atoms with van der Waals surface area (Å²) in [6.45, 7) is 4.01. The number of ketones is 1. The van der Waals surface area contributed by atoms with Crippen molar-refractivity contribution in [3.8, 4) is 11.5 Å². The van der Waals surface area contributed by atoms with Crippen molar-refractivity contribution in [2.45, 2.75) is 18.5 Å². The number of carbonyl (C=O) groups excluding carboxylic acids is 1. The van der Waals surface area contributed by atoms with Crippen LogP contribution in [0, 0.1) is 0 Å². The summed E-state index contributed by atoms with van der Waals surface area (Å²) in [6, 6.07) is 13.2. The molecule has 144 valence electrons. The van der Waals surface area contributed by atoms with Crippen molar-refractivity contribution in [3.63, 3.8) is 0 Å². The fourth-order valence-corrected chi connectivity index (χ4v) is 3.72. The number of nitrogens with zero attached hydrogens (tertiary/aromatic N) is 2. The first-order chi connectivity index (χ1) is 13.7. The normalized spacial score (nSPS) is 13.2. The zero-order valence-corrected chi connectivity index (χ0v) is 16.4. The van der Waals surface area contributed by atoms with Gasteiger partial charge in [0.2, 0.25) is 0 Å². The van der Waals surface area contributed by atoms with Gasteiger partial charge in [0.05, 0.1) is 24.5 Å². The lowest BCUT2D eigenvalue weighted by Gasteiger charge is -2.10. The van der Waals surface area contributed by atoms with Crippen molar-refractivity contribution < 1.29 is 14.3 Å². The number of ether oxygens (including phenoxy) is 2. The Labute approximate surface area is 167 Å². The Balaban J connectivity index is 1.51. The maximum Gasteiger partial charge on any atom is 0.190 e. The summed E-state index contributed by atoms with van der Waals surface area (Å²) in [6.07, 6.45) is 0.835. The van der Waals surface area contributed by atoms with Gasteiger partial charge in [-0.25, -0.2) is 9.97 Å². The minimum absolute atomic E-state index is 0.00223. The number of carbonyl (C=O) groups is 1. The van der Waals surface area contributed by atoms with Crippen LogP contribution in [0.3, 0.4) is 0 Å². The largest absolute Gasteiger partial charge is 0.490 e. The Kier molecular flexibility index (Phi) is 5.62. The molecule has 0 spiro atoms. The minimum Gasteiger partial charge on any atom is -0.490 e. The van der Waals surface area contributed by atoms with Crippen molar-refractivity contribution in [1.29, 1.82) is 0 Å². The van der Waals surface area contributed by atoms with E-state index in [4.69, 9.17) is 9.47 Å². The van der Waals surface area contributed by atoms with E-state index in [-0.39, 0.29) is 11.5 Å². The second kappa shape index (κ2) is 8.48. The molecule has 6 nitrogen and oxygen atoms in total. The fourth-order valence-electron chi connectivity index (χ4n) is 2.97. The quantitative estimate of drug-likeness (QED) is 0.381. The van der Waals surface area contributed by atoms with Crippen LogP contribution >= 0.6 is 11.8 Å². The van der Waals surface area contributed by atoms with Crippen LogP contribution in [-0.2, 0) is 0 Å². The van der Waals surface area contributed by atoms with Gasteiger partial charge >= 0.3 is 0 Å². The van der Waals surface area contributed by atoms with Gasteiger partial charge in [-0.15, -0.1) is 0 Å². The van der Waals surface area contributed by atoms with Gasteiger partial charge in [-0.3, -0.25) is 4.79 Å². The highest BCUT2D eigenvalue weighted by molar-refractivity contribution is 7.99. The Hall–Kier alpha value is -2.80. The molecule has 0 radical (unpaired) electrons. The SMILES string of the molecule is CCNc1nc(SCC(=O)c2ccc3c(c2)OCCCO3)nc2ccccc12. The molecule has 28 heavy (non-hydrogen) atoms. The molecule has 4 rings (SSSR count). The monoisotopic (exact) mass is 395 g/mol. The third kappa shape index (κ3) is 4.04. The van der Waals surface area contributed by atoms with Crippen LogP contribution in [0.5, 0.6) is 11.5 Å². The molecule has 0 unspecified atom stereocenters. The summed E-state index contributed by atoms with van der Waals surface area (Å²) >= 11 is 1.34. The van der Waals surface area contributed by atoms with Crippen LogP contribution in [0.15, 0.2) is 47.6 Å². The Bertz CT molecular complexity index is 1010. The number of aromatic nitrogens is 2. The summed E-state index contributed by atoms with van der Waals surface area (Å²) in [5.74, 6) is 2.37. The third-order valence-corrected chi connectivity index (χ3v) is 5.18. The molecule has 0 saturated heterocycles. The van der Waals surface area contributed by atoms with E-state index in [2.05, 4.69) is 15.3 Å². The van der Waals surface area contributed by atoms with Gasteiger partial charge in [0.1, 0.15) is 5.82 Å². The third-order valence-electron chi connectivity index (χ3n) is 4.33. The van der Waals surface area contributed by atoms with Crippen LogP contribution in [0.25, 0.3) is 10.9 Å². The molecule has 7 heteroatoms. The molecule has 0 fully saturated rings. The van der Waals surface area contributed by atoms with Crippen LogP contribution in [0.4, 0.5) is 5.82 Å². The predicted octanol–water partition coefficient (Wildman–Crippen LogP) is 4.20. The topological polar surface area (TPSA) is 73.3 Å². The number of fused-ring (bicyclic) bond motifs is 2. The lowest BCUT2D eigenvalue weighted by molar-refractivity contribution is 0.102. The van der Waals surface area contributed by atoms with E-state index < -0.39 is 0 Å². The van der Waals surface area contributed by atoms with Gasteiger partial charge in [0.25, 0.3) is 0 Å². The molecular formula is C21H21N3O3S. The number of hydrogen-bond donors (Lipinski definition) is 1. The van der Waals surface area contributed by atoms with Gasteiger partial charge < -0.3 is 14.8 Å². The molecule has 1 aromatic heterocycles. The minimum atomic E-state index is 0.00223. The summed E-state index contributed by atoms with van der Waals surface area (Å²) in [5.41, 5.74) is 1.46. The average Bonchev–Trinajstić information content (AvgIpc) is 2.97. The second-order valence-electron chi connectivity index (χ2n) is 6.33. The molecule has 2 heterocycles. The van der Waals surface area contributed by atoms with Gasteiger partial charge in [-0.1, -0.05) is 23.9 Å². The van der Waals surface area contributed by atoms with Gasteiger partial charge in [-0.05, 0) is 37.3 Å². The smallest absolute Gasteiger partial charge is 0.190 e. The Morgan fingerprint density at radius 2 is 1.93 bits per heavy atom. The first kappa shape index (κ1) is 18.6. The summed E-state index contributed by atoms with van der Waals surface area (Å²) in [4.78, 5) is 21.8. The van der Waals surface area contributed by atoms with E-state index in [1.54, 1.807) is 18.2 Å². The molecular weight excluding hydrogens is 374 g/mol. The predicted molar refractivity (Wildman–Crippen MR) is 111 cm³/mol. The lowest BCUT2D eigenvalue weighted by Crippen LogP contribution is -2.06. The molecule has 0 saturated carbocycles. The number of Topliss-reactive ketones (excluding diaryl/α,β-unsaturated/α-hetero) is 1. The van der Waals surface area contributed by atoms with Crippen molar-refractivity contribution in [2.24, 2.45) is 0 Å². The van der Waals surface area contributed by atoms with Crippen LogP contribution < -0.4 is 14.8 Å². The first-order valence-corrected chi connectivity index (χ1v) is 10.3. The number of rotatable bonds is 6. The molecule has 3 aromatic rings. The standard InChI is InChI=1S/C21H21N3O3S/c1-2-22-20-15-6-3-4-7-16(15)23-21(24-20)28-13-17(25)14-8-9-18-19(12-14)27-11-5-10-26-18/h3-4,6-9,12H,2,5,10-11,13H2,1H3,(H,22,23,24). The Morgan fingerprint density at radius 1 is 1.11 bits per heavy atom. The van der Waals surface area contributed by atoms with Gasteiger partial charge in [0, 0.05) is 23.9 Å². The van der Waals surface area contributed by atoms with Gasteiger partial charge in [-0.2, -0.15) is 0 Å². The molecule has 1 aliphatic rings. The van der Waals surface area contributed by atoms with E-state index in [1.807, 2.05) is 31.2 Å². The zero-order chi connectivity index (χ0) is 19.3. The fraction of sp³-hybridized carbons (Fsp3) is 0.286. The van der Waals surface area contributed by atoms with Crippen LogP contribution in [0.2, 0.25) is 0 Å². The van der Waals surface area contributed by atoms with Gasteiger partial charge in [0.15, 0.2) is 22.4 Å². The van der Waals surface area contributed by atoms with Crippen LogP contribution in [0.1, 0.15) is 23.7 Å². The highest BCUT2D eigenvalue weighted by Gasteiger charge is 2.15. The van der Waals surface area contributed by atoms with Crippen LogP contribution in [-0.4, -0.2) is 41.3 Å². The highest BCUT2D eigenvalue weighted by atomic mass is 32.2. The number of hydrogen-bond acceptors (Lipinski definition) is 7. The second-order valence-corrected chi connectivity index (χ2v) is 7.27. The van der Waals surface area contributed by atoms with Crippen molar-refractivity contribution in [2.75, 3.05) is 30.8 Å². The number of nitrogens with one attached hydrogen (secondary N) is 1. The molecule has 0 amide bonds. The summed E-state index contributed by atoms with van der Waals surface area (Å²) < 4.78 is 11.3. The molecule has 0 bridgehead atoms. The Morgan fingerprint density at radius 3 is 2.79 bits per heavy atom. The van der Waals surface area contributed by atoms with Crippen molar-refractivity contribution in [1.82, 2.24) is 9.97 Å². The average molecular weight is 395 g/mol. The number of benzene rings is 2. The van der Waals surface area contributed by atoms with E-state index in [9.17, 15) is 4.79 Å². The van der Waals surface area contributed by atoms with E-state index in [0.29, 0.717) is 35.4 Å². The lowest BCUT2D eigenvalue weighted by atomic mass is 10.1.